The van der Waals surface area contributed by atoms with Crippen molar-refractivity contribution >= 4 is 34.4 Å². The van der Waals surface area contributed by atoms with E-state index in [1.165, 1.54) is 0 Å². The predicted octanol–water partition coefficient (Wildman–Crippen LogP) is 4.96. The molecule has 0 spiro atoms. The van der Waals surface area contributed by atoms with E-state index in [0.29, 0.717) is 75.9 Å². The summed E-state index contributed by atoms with van der Waals surface area (Å²) in [5.74, 6) is 3.98. The number of nitrogens with one attached hydrogen (secondary N) is 1. The van der Waals surface area contributed by atoms with E-state index in [4.69, 9.17) is 37.5 Å². The maximum atomic E-state index is 14.4. The molecule has 4 aliphatic rings. The van der Waals surface area contributed by atoms with E-state index in [2.05, 4.69) is 27.6 Å². The highest BCUT2D eigenvalue weighted by Crippen LogP contribution is 2.48. The fourth-order valence-corrected chi connectivity index (χ4v) is 7.45. The lowest BCUT2D eigenvalue weighted by molar-refractivity contribution is 0.107. The maximum absolute atomic E-state index is 14.4. The molecule has 3 unspecified atom stereocenters. The van der Waals surface area contributed by atoms with Crippen LogP contribution in [0.25, 0.3) is 28.1 Å². The lowest BCUT2D eigenvalue weighted by Gasteiger charge is -2.35. The summed E-state index contributed by atoms with van der Waals surface area (Å²) in [6.45, 7) is 8.02. The second-order valence-electron chi connectivity index (χ2n) is 11.7. The van der Waals surface area contributed by atoms with Gasteiger partial charge in [0.1, 0.15) is 31.0 Å². The number of benzene rings is 2. The zero-order valence-electron chi connectivity index (χ0n) is 23.8. The summed E-state index contributed by atoms with van der Waals surface area (Å²) in [4.78, 5) is 14.2. The normalized spacial score (nSPS) is 24.8. The smallest absolute Gasteiger partial charge is 0.319 e. The van der Waals surface area contributed by atoms with Crippen LogP contribution >= 0.6 is 11.6 Å². The molecule has 0 aliphatic carbocycles. The Morgan fingerprint density at radius 3 is 3.02 bits per heavy atom. The average Bonchev–Trinajstić information content (AvgIpc) is 3.47. The number of halogens is 2. The quantitative estimate of drug-likeness (QED) is 0.303. The topological polar surface area (TPSA) is 83.0 Å². The Bertz CT molecular complexity index is 1690. The molecule has 0 amide bonds. The predicted molar refractivity (Wildman–Crippen MR) is 167 cm³/mol. The van der Waals surface area contributed by atoms with E-state index in [1.54, 1.807) is 30.4 Å². The van der Waals surface area contributed by atoms with Crippen LogP contribution in [0, 0.1) is 12.3 Å². The highest BCUT2D eigenvalue weighted by atomic mass is 35.5. The van der Waals surface area contributed by atoms with Gasteiger partial charge in [0.05, 0.1) is 27.5 Å². The fraction of sp³-hybridized carbons (Fsp3) is 0.394. The number of fused-ring (bicyclic) bond motifs is 3. The Kier molecular flexibility index (Phi) is 7.16. The zero-order chi connectivity index (χ0) is 29.7. The van der Waals surface area contributed by atoms with Crippen LogP contribution in [-0.2, 0) is 0 Å². The molecule has 0 radical (unpaired) electrons. The third-order valence-corrected chi connectivity index (χ3v) is 9.49. The number of rotatable bonds is 6. The fourth-order valence-electron chi connectivity index (χ4n) is 7.14. The molecule has 1 aromatic heterocycles. The van der Waals surface area contributed by atoms with E-state index in [9.17, 15) is 9.50 Å². The number of allylic oxidation sites excluding steroid dienone is 2. The lowest BCUT2D eigenvalue weighted by Crippen LogP contribution is -2.53. The molecular formula is C33H33ClFN5O3. The molecule has 4 aliphatic heterocycles. The number of piperazine rings is 1. The summed E-state index contributed by atoms with van der Waals surface area (Å²) in [5, 5.41) is 15.2. The van der Waals surface area contributed by atoms with Crippen LogP contribution < -0.4 is 19.7 Å². The highest BCUT2D eigenvalue weighted by molar-refractivity contribution is 6.36. The van der Waals surface area contributed by atoms with E-state index in [-0.39, 0.29) is 23.3 Å². The summed E-state index contributed by atoms with van der Waals surface area (Å²) >= 11 is 7.13. The number of aromatic hydroxyl groups is 1. The van der Waals surface area contributed by atoms with Gasteiger partial charge in [0.2, 0.25) is 0 Å². The van der Waals surface area contributed by atoms with Crippen LogP contribution in [0.5, 0.6) is 17.5 Å². The van der Waals surface area contributed by atoms with Gasteiger partial charge in [-0.05, 0) is 43.1 Å². The van der Waals surface area contributed by atoms with Crippen molar-refractivity contribution in [2.45, 2.75) is 37.0 Å². The Balaban J connectivity index is 1.39. The summed E-state index contributed by atoms with van der Waals surface area (Å²) in [7, 11) is 0. The lowest BCUT2D eigenvalue weighted by atomic mass is 9.93. The van der Waals surface area contributed by atoms with Gasteiger partial charge in [-0.3, -0.25) is 4.90 Å². The van der Waals surface area contributed by atoms with Gasteiger partial charge in [-0.25, -0.2) is 4.39 Å². The largest absolute Gasteiger partial charge is 0.508 e. The van der Waals surface area contributed by atoms with Crippen molar-refractivity contribution in [3.8, 4) is 41.0 Å². The van der Waals surface area contributed by atoms with Gasteiger partial charge in [0, 0.05) is 49.3 Å². The molecule has 5 heterocycles. The number of hydrogen-bond acceptors (Lipinski definition) is 8. The summed E-state index contributed by atoms with van der Waals surface area (Å²) in [6.07, 6.45) is 12.7. The van der Waals surface area contributed by atoms with Crippen LogP contribution in [0.15, 0.2) is 36.9 Å². The second-order valence-corrected chi connectivity index (χ2v) is 12.1. The van der Waals surface area contributed by atoms with Crippen molar-refractivity contribution in [3.05, 3.63) is 53.1 Å². The van der Waals surface area contributed by atoms with Crippen LogP contribution in [0.2, 0.25) is 5.02 Å². The first-order chi connectivity index (χ1) is 20.9. The van der Waals surface area contributed by atoms with Gasteiger partial charge in [0.15, 0.2) is 5.75 Å². The maximum Gasteiger partial charge on any atom is 0.319 e. The molecule has 2 aromatic carbocycles. The molecule has 3 aromatic rings. The van der Waals surface area contributed by atoms with Gasteiger partial charge in [-0.15, -0.1) is 6.42 Å². The number of nitrogens with zero attached hydrogens (tertiary/aromatic N) is 4. The van der Waals surface area contributed by atoms with Crippen LogP contribution in [0.3, 0.4) is 0 Å². The molecule has 10 heteroatoms. The Labute approximate surface area is 255 Å². The van der Waals surface area contributed by atoms with Gasteiger partial charge < -0.3 is 24.8 Å². The van der Waals surface area contributed by atoms with Crippen molar-refractivity contribution in [3.63, 3.8) is 0 Å². The molecule has 8 nitrogen and oxygen atoms in total. The molecule has 3 saturated heterocycles. The van der Waals surface area contributed by atoms with Crippen LogP contribution in [0.1, 0.15) is 30.4 Å². The van der Waals surface area contributed by atoms with Crippen molar-refractivity contribution < 1.29 is 19.0 Å². The van der Waals surface area contributed by atoms with E-state index >= 15 is 0 Å². The van der Waals surface area contributed by atoms with E-state index in [0.717, 1.165) is 39.0 Å². The number of anilines is 1. The zero-order valence-corrected chi connectivity index (χ0v) is 24.5. The first kappa shape index (κ1) is 28.0. The van der Waals surface area contributed by atoms with Crippen molar-refractivity contribution in [2.24, 2.45) is 0 Å². The molecule has 2 N–H and O–H groups in total. The molecule has 0 saturated carbocycles. The molecule has 0 bridgehead atoms. The number of alkyl halides is 1. The van der Waals surface area contributed by atoms with Gasteiger partial charge in [0.25, 0.3) is 0 Å². The third kappa shape index (κ3) is 4.78. The number of terminal acetylenes is 1. The SMILES string of the molecule is C#Cc1c(/C=C\C=C)cc(O)cc1-c1cc2nc(OCC34CCCN3CC(F)C4)nc3c2c(c1Cl)OCC1CNCCN31. The minimum absolute atomic E-state index is 0.0235. The summed E-state index contributed by atoms with van der Waals surface area (Å²) < 4.78 is 27.2. The third-order valence-electron chi connectivity index (χ3n) is 9.11. The molecule has 222 valence electrons. The van der Waals surface area contributed by atoms with Gasteiger partial charge >= 0.3 is 6.01 Å². The molecule has 3 atom stereocenters. The number of phenolic OH excluding ortho intramolecular Hbond substituents is 1. The highest BCUT2D eigenvalue weighted by Gasteiger charge is 2.49. The number of aromatic nitrogens is 2. The first-order valence-electron chi connectivity index (χ1n) is 14.7. The van der Waals surface area contributed by atoms with Crippen molar-refractivity contribution in [2.75, 3.05) is 50.8 Å². The van der Waals surface area contributed by atoms with Crippen molar-refractivity contribution in [1.29, 1.82) is 0 Å². The molecule has 43 heavy (non-hydrogen) atoms. The minimum atomic E-state index is -0.851. The average molecular weight is 602 g/mol. The summed E-state index contributed by atoms with van der Waals surface area (Å²) in [5.41, 5.74) is 2.61. The summed E-state index contributed by atoms with van der Waals surface area (Å²) in [6, 6.07) is 5.31. The number of ether oxygens (including phenoxy) is 2. The Morgan fingerprint density at radius 2 is 2.19 bits per heavy atom. The van der Waals surface area contributed by atoms with Gasteiger partial charge in [-0.1, -0.05) is 42.3 Å². The molecule has 3 fully saturated rings. The van der Waals surface area contributed by atoms with E-state index < -0.39 is 6.17 Å². The molecular weight excluding hydrogens is 569 g/mol. The number of hydrogen-bond donors (Lipinski definition) is 2. The van der Waals surface area contributed by atoms with Crippen LogP contribution in [-0.4, -0.2) is 83.7 Å². The van der Waals surface area contributed by atoms with Crippen molar-refractivity contribution in [1.82, 2.24) is 20.2 Å². The Morgan fingerprint density at radius 1 is 1.30 bits per heavy atom. The molecule has 7 rings (SSSR count). The Hall–Kier alpha value is -3.84. The van der Waals surface area contributed by atoms with E-state index in [1.807, 2.05) is 6.07 Å². The minimum Gasteiger partial charge on any atom is -0.508 e. The number of phenols is 1. The monoisotopic (exact) mass is 601 g/mol. The second kappa shape index (κ2) is 11.0. The van der Waals surface area contributed by atoms with Gasteiger partial charge in [-0.2, -0.15) is 9.97 Å². The first-order valence-corrected chi connectivity index (χ1v) is 15.1. The standard InChI is InChI=1S/C33H33ClFN5O3/c1-3-5-7-20-12-23(41)13-25(24(20)4-2)26-14-27-28-30(29(26)34)42-18-22-16-36-9-11-40(22)31(28)38-32(37-27)43-19-33-8-6-10-39(33)17-21(35)15-33/h2-3,5,7,12-14,21-22,36,41H,1,6,8-11,15-19H2/b7-5-. The van der Waals surface area contributed by atoms with Crippen LogP contribution in [0.4, 0.5) is 10.2 Å².